The maximum absolute atomic E-state index is 13.5. The quantitative estimate of drug-likeness (QED) is 0.794. The Kier molecular flexibility index (Phi) is 3.22. The van der Waals surface area contributed by atoms with E-state index in [2.05, 4.69) is 9.80 Å². The molecule has 0 atom stereocenters. The van der Waals surface area contributed by atoms with E-state index in [0.717, 1.165) is 45.1 Å². The van der Waals surface area contributed by atoms with Crippen molar-refractivity contribution in [1.82, 2.24) is 4.90 Å². The van der Waals surface area contributed by atoms with Gasteiger partial charge in [-0.2, -0.15) is 0 Å². The predicted molar refractivity (Wildman–Crippen MR) is 69.5 cm³/mol. The van der Waals surface area contributed by atoms with Gasteiger partial charge in [-0.25, -0.2) is 4.39 Å². The van der Waals surface area contributed by atoms with E-state index in [-0.39, 0.29) is 5.82 Å². The second-order valence-electron chi connectivity index (χ2n) is 5.15. The molecule has 0 bridgehead atoms. The highest BCUT2D eigenvalue weighted by atomic mass is 19.1. The van der Waals surface area contributed by atoms with E-state index < -0.39 is 0 Å². The van der Waals surface area contributed by atoms with E-state index in [4.69, 9.17) is 4.74 Å². The van der Waals surface area contributed by atoms with Gasteiger partial charge in [0.15, 0.2) is 0 Å². The second kappa shape index (κ2) is 4.86. The molecule has 0 radical (unpaired) electrons. The Labute approximate surface area is 107 Å². The first-order valence-corrected chi connectivity index (χ1v) is 6.57. The monoisotopic (exact) mass is 250 g/mol. The molecule has 1 aromatic rings. The first kappa shape index (κ1) is 11.9. The highest BCUT2D eigenvalue weighted by Gasteiger charge is 2.28. The lowest BCUT2D eigenvalue weighted by molar-refractivity contribution is -0.0660. The predicted octanol–water partition coefficient (Wildman–Crippen LogP) is 1.65. The third-order valence-corrected chi connectivity index (χ3v) is 3.97. The lowest BCUT2D eigenvalue weighted by Crippen LogP contribution is -2.56. The third kappa shape index (κ3) is 2.22. The van der Waals surface area contributed by atoms with Crippen LogP contribution in [0.3, 0.4) is 0 Å². The number of aryl methyl sites for hydroxylation is 1. The number of hydrogen-bond donors (Lipinski definition) is 0. The summed E-state index contributed by atoms with van der Waals surface area (Å²) in [5.41, 5.74) is 1.71. The summed E-state index contributed by atoms with van der Waals surface area (Å²) in [5, 5.41) is 0. The number of nitrogens with zero attached hydrogens (tertiary/aromatic N) is 2. The lowest BCUT2D eigenvalue weighted by Gasteiger charge is -2.43. The third-order valence-electron chi connectivity index (χ3n) is 3.97. The Morgan fingerprint density at radius 1 is 1.17 bits per heavy atom. The largest absolute Gasteiger partial charge is 0.378 e. The standard InChI is InChI=1S/C14H19FN2O/c1-11-2-3-12(8-14(11)15)16-4-6-17(7-5-16)13-9-18-10-13/h2-3,8,13H,4-7,9-10H2,1H3. The summed E-state index contributed by atoms with van der Waals surface area (Å²) in [5.74, 6) is -0.109. The molecule has 0 unspecified atom stereocenters. The number of halogens is 1. The molecular weight excluding hydrogens is 231 g/mol. The molecule has 0 saturated carbocycles. The summed E-state index contributed by atoms with van der Waals surface area (Å²) in [4.78, 5) is 4.74. The van der Waals surface area contributed by atoms with Crippen molar-refractivity contribution in [3.05, 3.63) is 29.6 Å². The van der Waals surface area contributed by atoms with Crippen LogP contribution in [0.4, 0.5) is 10.1 Å². The van der Waals surface area contributed by atoms with Crippen molar-refractivity contribution >= 4 is 5.69 Å². The molecule has 2 fully saturated rings. The minimum absolute atomic E-state index is 0.109. The average Bonchev–Trinajstić information content (AvgIpc) is 2.32. The van der Waals surface area contributed by atoms with Crippen LogP contribution in [-0.4, -0.2) is 50.3 Å². The topological polar surface area (TPSA) is 15.7 Å². The maximum atomic E-state index is 13.5. The summed E-state index contributed by atoms with van der Waals surface area (Å²) in [6.07, 6.45) is 0. The van der Waals surface area contributed by atoms with Gasteiger partial charge in [0.2, 0.25) is 0 Å². The minimum Gasteiger partial charge on any atom is -0.378 e. The van der Waals surface area contributed by atoms with Gasteiger partial charge < -0.3 is 9.64 Å². The Morgan fingerprint density at radius 2 is 1.89 bits per heavy atom. The average molecular weight is 250 g/mol. The molecule has 2 heterocycles. The number of anilines is 1. The van der Waals surface area contributed by atoms with Gasteiger partial charge >= 0.3 is 0 Å². The van der Waals surface area contributed by atoms with E-state index in [0.29, 0.717) is 11.6 Å². The number of benzene rings is 1. The minimum atomic E-state index is -0.109. The van der Waals surface area contributed by atoms with E-state index in [1.165, 1.54) is 0 Å². The molecule has 3 rings (SSSR count). The molecule has 0 aliphatic carbocycles. The van der Waals surface area contributed by atoms with Crippen LogP contribution in [-0.2, 0) is 4.74 Å². The molecule has 1 aromatic carbocycles. The van der Waals surface area contributed by atoms with Crippen LogP contribution in [0.1, 0.15) is 5.56 Å². The summed E-state index contributed by atoms with van der Waals surface area (Å²) in [6.45, 7) is 7.58. The van der Waals surface area contributed by atoms with Crippen molar-refractivity contribution in [1.29, 1.82) is 0 Å². The molecule has 18 heavy (non-hydrogen) atoms. The van der Waals surface area contributed by atoms with Crippen molar-refractivity contribution < 1.29 is 9.13 Å². The van der Waals surface area contributed by atoms with Crippen LogP contribution in [0.5, 0.6) is 0 Å². The summed E-state index contributed by atoms with van der Waals surface area (Å²) >= 11 is 0. The molecule has 0 spiro atoms. The molecule has 2 aliphatic heterocycles. The van der Waals surface area contributed by atoms with Crippen LogP contribution in [0.25, 0.3) is 0 Å². The van der Waals surface area contributed by atoms with Crippen LogP contribution in [0, 0.1) is 12.7 Å². The second-order valence-corrected chi connectivity index (χ2v) is 5.15. The molecule has 2 aliphatic rings. The number of rotatable bonds is 2. The van der Waals surface area contributed by atoms with E-state index in [9.17, 15) is 4.39 Å². The molecule has 0 aromatic heterocycles. The summed E-state index contributed by atoms with van der Waals surface area (Å²) in [7, 11) is 0. The van der Waals surface area contributed by atoms with Gasteiger partial charge in [-0.3, -0.25) is 4.90 Å². The molecule has 0 N–H and O–H groups in total. The van der Waals surface area contributed by atoms with Crippen LogP contribution >= 0.6 is 0 Å². The number of piperazine rings is 1. The lowest BCUT2D eigenvalue weighted by atomic mass is 10.1. The van der Waals surface area contributed by atoms with Gasteiger partial charge in [-0.1, -0.05) is 6.07 Å². The van der Waals surface area contributed by atoms with Crippen molar-refractivity contribution in [2.24, 2.45) is 0 Å². The van der Waals surface area contributed by atoms with Gasteiger partial charge in [0, 0.05) is 31.9 Å². The smallest absolute Gasteiger partial charge is 0.128 e. The SMILES string of the molecule is Cc1ccc(N2CCN(C3COC3)CC2)cc1F. The fourth-order valence-corrected chi connectivity index (χ4v) is 2.56. The van der Waals surface area contributed by atoms with Crippen LogP contribution in [0.2, 0.25) is 0 Å². The zero-order chi connectivity index (χ0) is 12.5. The van der Waals surface area contributed by atoms with Crippen molar-refractivity contribution in [2.75, 3.05) is 44.3 Å². The van der Waals surface area contributed by atoms with Crippen LogP contribution in [0.15, 0.2) is 18.2 Å². The van der Waals surface area contributed by atoms with Crippen molar-refractivity contribution in [3.8, 4) is 0 Å². The van der Waals surface area contributed by atoms with E-state index >= 15 is 0 Å². The molecule has 2 saturated heterocycles. The Bertz CT molecular complexity index is 426. The summed E-state index contributed by atoms with van der Waals surface area (Å²) in [6, 6.07) is 6.14. The first-order chi connectivity index (χ1) is 8.74. The zero-order valence-corrected chi connectivity index (χ0v) is 10.7. The van der Waals surface area contributed by atoms with Gasteiger partial charge in [0.05, 0.1) is 19.3 Å². The first-order valence-electron chi connectivity index (χ1n) is 6.57. The van der Waals surface area contributed by atoms with E-state index in [1.54, 1.807) is 13.0 Å². The highest BCUT2D eigenvalue weighted by Crippen LogP contribution is 2.21. The van der Waals surface area contributed by atoms with Crippen molar-refractivity contribution in [2.45, 2.75) is 13.0 Å². The Hall–Kier alpha value is -1.13. The van der Waals surface area contributed by atoms with E-state index in [1.807, 2.05) is 12.1 Å². The Balaban J connectivity index is 1.62. The maximum Gasteiger partial charge on any atom is 0.128 e. The molecule has 3 nitrogen and oxygen atoms in total. The number of hydrogen-bond acceptors (Lipinski definition) is 3. The number of ether oxygens (including phenoxy) is 1. The molecule has 98 valence electrons. The Morgan fingerprint density at radius 3 is 2.44 bits per heavy atom. The summed E-state index contributed by atoms with van der Waals surface area (Å²) < 4.78 is 18.8. The van der Waals surface area contributed by atoms with Gasteiger partial charge in [-0.05, 0) is 24.6 Å². The fraction of sp³-hybridized carbons (Fsp3) is 0.571. The molecular formula is C14H19FN2O. The fourth-order valence-electron chi connectivity index (χ4n) is 2.56. The molecule has 0 amide bonds. The van der Waals surface area contributed by atoms with Gasteiger partial charge in [-0.15, -0.1) is 0 Å². The zero-order valence-electron chi connectivity index (χ0n) is 10.7. The van der Waals surface area contributed by atoms with Crippen molar-refractivity contribution in [3.63, 3.8) is 0 Å². The van der Waals surface area contributed by atoms with Gasteiger partial charge in [0.1, 0.15) is 5.82 Å². The molecule has 4 heteroatoms. The highest BCUT2D eigenvalue weighted by molar-refractivity contribution is 5.48. The normalized spacial score (nSPS) is 22.0. The van der Waals surface area contributed by atoms with Gasteiger partial charge in [0.25, 0.3) is 0 Å². The van der Waals surface area contributed by atoms with Crippen LogP contribution < -0.4 is 4.90 Å².